The van der Waals surface area contributed by atoms with Crippen molar-refractivity contribution in [2.45, 2.75) is 0 Å². The lowest BCUT2D eigenvalue weighted by Crippen LogP contribution is -2.50. The number of hydrogen-bond donors (Lipinski definition) is 2. The zero-order valence-corrected chi connectivity index (χ0v) is 17.9. The maximum absolute atomic E-state index is 12.8. The number of anilines is 2. The SMILES string of the molecule is O=C(Nc1c[nH]c2ccc(Cl)cc12)N1CCN(c2ccc(Oc3cccnn3)cc2)CC1. The third-order valence-electron chi connectivity index (χ3n) is 5.42. The van der Waals surface area contributed by atoms with Gasteiger partial charge in [-0.05, 0) is 48.5 Å². The van der Waals surface area contributed by atoms with Gasteiger partial charge in [-0.15, -0.1) is 5.10 Å². The summed E-state index contributed by atoms with van der Waals surface area (Å²) in [6.07, 6.45) is 3.39. The van der Waals surface area contributed by atoms with Gasteiger partial charge in [0.15, 0.2) is 0 Å². The summed E-state index contributed by atoms with van der Waals surface area (Å²) in [4.78, 5) is 20.0. The molecule has 0 radical (unpaired) electrons. The predicted octanol–water partition coefficient (Wildman–Crippen LogP) is 4.76. The molecule has 0 aliphatic carbocycles. The highest BCUT2D eigenvalue weighted by Gasteiger charge is 2.22. The molecule has 2 aromatic heterocycles. The second kappa shape index (κ2) is 8.76. The summed E-state index contributed by atoms with van der Waals surface area (Å²) >= 11 is 6.10. The standard InChI is InChI=1S/C23H21ClN6O2/c24-16-3-8-20-19(14-16)21(15-25-20)27-23(31)30-12-10-29(11-13-30)17-4-6-18(7-5-17)32-22-2-1-9-26-28-22/h1-9,14-15,25H,10-13H2,(H,27,31). The second-order valence-electron chi connectivity index (χ2n) is 7.45. The Bertz CT molecular complexity index is 1220. The van der Waals surface area contributed by atoms with Gasteiger partial charge in [0.05, 0.1) is 5.69 Å². The number of rotatable bonds is 4. The maximum Gasteiger partial charge on any atom is 0.322 e. The lowest BCUT2D eigenvalue weighted by atomic mass is 10.2. The van der Waals surface area contributed by atoms with Crippen LogP contribution in [-0.2, 0) is 0 Å². The molecule has 3 heterocycles. The zero-order valence-electron chi connectivity index (χ0n) is 17.2. The third kappa shape index (κ3) is 4.31. The lowest BCUT2D eigenvalue weighted by molar-refractivity contribution is 0.208. The van der Waals surface area contributed by atoms with Crippen molar-refractivity contribution in [3.05, 3.63) is 72.0 Å². The quantitative estimate of drug-likeness (QED) is 0.470. The van der Waals surface area contributed by atoms with E-state index in [4.69, 9.17) is 16.3 Å². The number of urea groups is 1. The number of halogens is 1. The number of aromatic amines is 1. The number of H-pyrrole nitrogens is 1. The summed E-state index contributed by atoms with van der Waals surface area (Å²) in [5, 5.41) is 12.3. The van der Waals surface area contributed by atoms with Gasteiger partial charge in [-0.2, -0.15) is 5.10 Å². The lowest BCUT2D eigenvalue weighted by Gasteiger charge is -2.36. The van der Waals surface area contributed by atoms with Gasteiger partial charge >= 0.3 is 6.03 Å². The summed E-state index contributed by atoms with van der Waals surface area (Å²) < 4.78 is 5.69. The molecule has 5 rings (SSSR count). The first kappa shape index (κ1) is 20.1. The summed E-state index contributed by atoms with van der Waals surface area (Å²) in [5.74, 6) is 1.16. The Kier molecular flexibility index (Phi) is 5.51. The molecule has 2 amide bonds. The molecule has 162 valence electrons. The molecule has 9 heteroatoms. The van der Waals surface area contributed by atoms with E-state index in [1.54, 1.807) is 24.5 Å². The van der Waals surface area contributed by atoms with Crippen LogP contribution in [0.2, 0.25) is 5.02 Å². The van der Waals surface area contributed by atoms with Crippen molar-refractivity contribution in [1.29, 1.82) is 0 Å². The minimum absolute atomic E-state index is 0.113. The highest BCUT2D eigenvalue weighted by Crippen LogP contribution is 2.27. The van der Waals surface area contributed by atoms with Crippen molar-refractivity contribution in [2.75, 3.05) is 36.4 Å². The zero-order chi connectivity index (χ0) is 21.9. The van der Waals surface area contributed by atoms with E-state index in [1.807, 2.05) is 47.4 Å². The molecule has 2 N–H and O–H groups in total. The van der Waals surface area contributed by atoms with Gasteiger partial charge in [-0.25, -0.2) is 4.79 Å². The molecule has 0 spiro atoms. The topological polar surface area (TPSA) is 86.4 Å². The fraction of sp³-hybridized carbons (Fsp3) is 0.174. The van der Waals surface area contributed by atoms with Gasteiger partial charge in [-0.1, -0.05) is 11.6 Å². The van der Waals surface area contributed by atoms with E-state index in [0.717, 1.165) is 35.4 Å². The molecule has 4 aromatic rings. The van der Waals surface area contributed by atoms with Crippen LogP contribution < -0.4 is 15.0 Å². The van der Waals surface area contributed by atoms with Gasteiger partial charge < -0.3 is 24.8 Å². The van der Waals surface area contributed by atoms with Crippen LogP contribution in [0.5, 0.6) is 11.6 Å². The highest BCUT2D eigenvalue weighted by molar-refractivity contribution is 6.31. The molecule has 32 heavy (non-hydrogen) atoms. The van der Waals surface area contributed by atoms with Crippen molar-refractivity contribution in [1.82, 2.24) is 20.1 Å². The van der Waals surface area contributed by atoms with E-state index in [1.165, 1.54) is 0 Å². The van der Waals surface area contributed by atoms with Crippen LogP contribution in [0.25, 0.3) is 10.9 Å². The normalized spacial score (nSPS) is 13.9. The Hall–Kier alpha value is -3.78. The van der Waals surface area contributed by atoms with Gasteiger partial charge in [0, 0.05) is 66.3 Å². The molecule has 1 aliphatic heterocycles. The molecule has 0 atom stereocenters. The van der Waals surface area contributed by atoms with Crippen LogP contribution in [0.15, 0.2) is 67.0 Å². The van der Waals surface area contributed by atoms with Crippen LogP contribution in [0.1, 0.15) is 0 Å². The van der Waals surface area contributed by atoms with Crippen molar-refractivity contribution in [3.63, 3.8) is 0 Å². The first-order valence-electron chi connectivity index (χ1n) is 10.3. The molecule has 1 aliphatic rings. The number of carbonyl (C=O) groups is 1. The molecule has 8 nitrogen and oxygen atoms in total. The Balaban J connectivity index is 1.17. The van der Waals surface area contributed by atoms with E-state index in [0.29, 0.717) is 29.7 Å². The molecule has 1 saturated heterocycles. The number of benzene rings is 2. The number of carbonyl (C=O) groups excluding carboxylic acids is 1. The van der Waals surface area contributed by atoms with Crippen molar-refractivity contribution >= 4 is 39.9 Å². The van der Waals surface area contributed by atoms with Crippen LogP contribution in [-0.4, -0.2) is 52.3 Å². The number of aromatic nitrogens is 3. The molecular weight excluding hydrogens is 428 g/mol. The van der Waals surface area contributed by atoms with Gasteiger partial charge in [-0.3, -0.25) is 0 Å². The van der Waals surface area contributed by atoms with Crippen molar-refractivity contribution in [2.24, 2.45) is 0 Å². The first-order valence-corrected chi connectivity index (χ1v) is 10.7. The first-order chi connectivity index (χ1) is 15.7. The Morgan fingerprint density at radius 1 is 1.06 bits per heavy atom. The van der Waals surface area contributed by atoms with Crippen LogP contribution in [0, 0.1) is 0 Å². The van der Waals surface area contributed by atoms with E-state index < -0.39 is 0 Å². The monoisotopic (exact) mass is 448 g/mol. The van der Waals surface area contributed by atoms with E-state index in [9.17, 15) is 4.79 Å². The van der Waals surface area contributed by atoms with E-state index >= 15 is 0 Å². The Morgan fingerprint density at radius 3 is 2.62 bits per heavy atom. The van der Waals surface area contributed by atoms with Gasteiger partial charge in [0.25, 0.3) is 0 Å². The largest absolute Gasteiger partial charge is 0.438 e. The summed E-state index contributed by atoms with van der Waals surface area (Å²) in [7, 11) is 0. The number of hydrogen-bond acceptors (Lipinski definition) is 5. The molecular formula is C23H21ClN6O2. The fourth-order valence-electron chi connectivity index (χ4n) is 3.75. The average molecular weight is 449 g/mol. The number of piperazine rings is 1. The third-order valence-corrected chi connectivity index (χ3v) is 5.66. The fourth-order valence-corrected chi connectivity index (χ4v) is 3.92. The summed E-state index contributed by atoms with van der Waals surface area (Å²) in [6, 6.07) is 16.8. The van der Waals surface area contributed by atoms with Gasteiger partial charge in [0.2, 0.25) is 5.88 Å². The number of nitrogens with one attached hydrogen (secondary N) is 2. The molecule has 0 saturated carbocycles. The number of amides is 2. The average Bonchev–Trinajstić information content (AvgIpc) is 3.22. The van der Waals surface area contributed by atoms with Gasteiger partial charge in [0.1, 0.15) is 5.75 Å². The summed E-state index contributed by atoms with van der Waals surface area (Å²) in [5.41, 5.74) is 2.75. The predicted molar refractivity (Wildman–Crippen MR) is 125 cm³/mol. The Morgan fingerprint density at radius 2 is 1.88 bits per heavy atom. The van der Waals surface area contributed by atoms with Crippen molar-refractivity contribution < 1.29 is 9.53 Å². The van der Waals surface area contributed by atoms with Crippen molar-refractivity contribution in [3.8, 4) is 11.6 Å². The molecule has 0 unspecified atom stereocenters. The molecule has 2 aromatic carbocycles. The van der Waals surface area contributed by atoms with E-state index in [2.05, 4.69) is 25.4 Å². The number of ether oxygens (including phenoxy) is 1. The van der Waals surface area contributed by atoms with E-state index in [-0.39, 0.29) is 6.03 Å². The van der Waals surface area contributed by atoms with Crippen LogP contribution >= 0.6 is 11.6 Å². The minimum Gasteiger partial charge on any atom is -0.438 e. The maximum atomic E-state index is 12.8. The summed E-state index contributed by atoms with van der Waals surface area (Å²) in [6.45, 7) is 2.76. The molecule has 1 fully saturated rings. The number of fused-ring (bicyclic) bond motifs is 1. The smallest absolute Gasteiger partial charge is 0.322 e. The molecule has 0 bridgehead atoms. The second-order valence-corrected chi connectivity index (χ2v) is 7.89. The number of nitrogens with zero attached hydrogens (tertiary/aromatic N) is 4. The highest BCUT2D eigenvalue weighted by atomic mass is 35.5. The Labute approximate surface area is 189 Å². The van der Waals surface area contributed by atoms with Crippen LogP contribution in [0.4, 0.5) is 16.2 Å². The minimum atomic E-state index is -0.113. The van der Waals surface area contributed by atoms with Crippen LogP contribution in [0.3, 0.4) is 0 Å².